The Morgan fingerprint density at radius 1 is 1.38 bits per heavy atom. The summed E-state index contributed by atoms with van der Waals surface area (Å²) in [5.74, 6) is 1.01. The van der Waals surface area contributed by atoms with E-state index in [0.29, 0.717) is 6.42 Å². The summed E-state index contributed by atoms with van der Waals surface area (Å²) >= 11 is 0. The first-order valence-electron chi connectivity index (χ1n) is 7.50. The van der Waals surface area contributed by atoms with Crippen LogP contribution in [0.25, 0.3) is 0 Å². The van der Waals surface area contributed by atoms with Gasteiger partial charge in [0, 0.05) is 19.0 Å². The van der Waals surface area contributed by atoms with Gasteiger partial charge in [-0.05, 0) is 31.7 Å². The number of aromatic nitrogens is 1. The lowest BCUT2D eigenvalue weighted by Crippen LogP contribution is -2.30. The largest absolute Gasteiger partial charge is 0.361 e. The standard InChI is InChI=1S/C17H20N2O2/c1-13-12-15(18-21-13)16-8-5-11-19(16)17(20)10-9-14-6-3-2-4-7-14/h2-4,6-7,12,16H,5,8-11H2,1H3/t16-/m0/s1. The second-order valence-corrected chi connectivity index (χ2v) is 5.59. The molecule has 1 fully saturated rings. The summed E-state index contributed by atoms with van der Waals surface area (Å²) < 4.78 is 5.15. The lowest BCUT2D eigenvalue weighted by Gasteiger charge is -2.23. The Hall–Kier alpha value is -2.10. The fourth-order valence-electron chi connectivity index (χ4n) is 2.95. The lowest BCUT2D eigenvalue weighted by molar-refractivity contribution is -0.132. The van der Waals surface area contributed by atoms with Crippen molar-refractivity contribution in [3.05, 3.63) is 53.4 Å². The molecule has 0 radical (unpaired) electrons. The summed E-state index contributed by atoms with van der Waals surface area (Å²) in [5.41, 5.74) is 2.09. The highest BCUT2D eigenvalue weighted by Gasteiger charge is 2.31. The first-order chi connectivity index (χ1) is 10.2. The SMILES string of the molecule is Cc1cc([C@@H]2CCCN2C(=O)CCc2ccccc2)no1. The van der Waals surface area contributed by atoms with Crippen LogP contribution >= 0.6 is 0 Å². The Bertz CT molecular complexity index is 606. The van der Waals surface area contributed by atoms with Crippen LogP contribution < -0.4 is 0 Å². The van der Waals surface area contributed by atoms with Gasteiger partial charge in [0.05, 0.1) is 6.04 Å². The van der Waals surface area contributed by atoms with Gasteiger partial charge >= 0.3 is 0 Å². The Kier molecular flexibility index (Phi) is 4.04. The zero-order chi connectivity index (χ0) is 14.7. The molecule has 1 aliphatic heterocycles. The van der Waals surface area contributed by atoms with Crippen molar-refractivity contribution in [2.24, 2.45) is 0 Å². The molecular formula is C17H20N2O2. The van der Waals surface area contributed by atoms with E-state index in [9.17, 15) is 4.79 Å². The highest BCUT2D eigenvalue weighted by atomic mass is 16.5. The Balaban J connectivity index is 1.63. The molecule has 1 saturated heterocycles. The molecule has 0 saturated carbocycles. The number of amides is 1. The quantitative estimate of drug-likeness (QED) is 0.865. The molecule has 1 aliphatic rings. The van der Waals surface area contributed by atoms with Crippen molar-refractivity contribution in [1.82, 2.24) is 10.1 Å². The van der Waals surface area contributed by atoms with Gasteiger partial charge in [-0.15, -0.1) is 0 Å². The highest BCUT2D eigenvalue weighted by Crippen LogP contribution is 2.32. The van der Waals surface area contributed by atoms with Gasteiger partial charge in [0.2, 0.25) is 5.91 Å². The maximum absolute atomic E-state index is 12.5. The lowest BCUT2D eigenvalue weighted by atomic mass is 10.1. The molecule has 2 aromatic rings. The number of carbonyl (C=O) groups is 1. The third kappa shape index (κ3) is 3.15. The topological polar surface area (TPSA) is 46.3 Å². The average molecular weight is 284 g/mol. The third-order valence-corrected chi connectivity index (χ3v) is 4.03. The normalized spacial score (nSPS) is 18.1. The Morgan fingerprint density at radius 3 is 2.90 bits per heavy atom. The molecule has 1 aromatic carbocycles. The van der Waals surface area contributed by atoms with E-state index in [1.807, 2.05) is 36.1 Å². The first kappa shape index (κ1) is 13.9. The van der Waals surface area contributed by atoms with Gasteiger partial charge < -0.3 is 9.42 Å². The van der Waals surface area contributed by atoms with E-state index >= 15 is 0 Å². The molecule has 0 aliphatic carbocycles. The molecule has 0 N–H and O–H groups in total. The zero-order valence-corrected chi connectivity index (χ0v) is 12.3. The van der Waals surface area contributed by atoms with Crippen molar-refractivity contribution < 1.29 is 9.32 Å². The number of rotatable bonds is 4. The molecule has 110 valence electrons. The molecule has 0 bridgehead atoms. The van der Waals surface area contributed by atoms with Crippen molar-refractivity contribution in [3.63, 3.8) is 0 Å². The van der Waals surface area contributed by atoms with Gasteiger partial charge in [-0.25, -0.2) is 0 Å². The van der Waals surface area contributed by atoms with E-state index in [1.54, 1.807) is 0 Å². The van der Waals surface area contributed by atoms with Crippen LogP contribution in [0.2, 0.25) is 0 Å². The van der Waals surface area contributed by atoms with Crippen molar-refractivity contribution in [2.75, 3.05) is 6.54 Å². The number of nitrogens with zero attached hydrogens (tertiary/aromatic N) is 2. The number of carbonyl (C=O) groups excluding carboxylic acids is 1. The van der Waals surface area contributed by atoms with Crippen molar-refractivity contribution >= 4 is 5.91 Å². The smallest absolute Gasteiger partial charge is 0.223 e. The summed E-state index contributed by atoms with van der Waals surface area (Å²) in [7, 11) is 0. The minimum Gasteiger partial charge on any atom is -0.361 e. The fourth-order valence-corrected chi connectivity index (χ4v) is 2.95. The van der Waals surface area contributed by atoms with E-state index < -0.39 is 0 Å². The highest BCUT2D eigenvalue weighted by molar-refractivity contribution is 5.77. The Labute approximate surface area is 124 Å². The van der Waals surface area contributed by atoms with Gasteiger partial charge in [0.25, 0.3) is 0 Å². The molecule has 3 rings (SSSR count). The second kappa shape index (κ2) is 6.12. The van der Waals surface area contributed by atoms with Crippen LogP contribution in [0, 0.1) is 6.92 Å². The van der Waals surface area contributed by atoms with E-state index in [-0.39, 0.29) is 11.9 Å². The zero-order valence-electron chi connectivity index (χ0n) is 12.3. The van der Waals surface area contributed by atoms with Gasteiger partial charge in [-0.2, -0.15) is 0 Å². The molecule has 1 amide bonds. The number of aryl methyl sites for hydroxylation is 2. The van der Waals surface area contributed by atoms with Gasteiger partial charge in [-0.1, -0.05) is 35.5 Å². The van der Waals surface area contributed by atoms with Crippen LogP contribution in [0.4, 0.5) is 0 Å². The molecule has 0 spiro atoms. The van der Waals surface area contributed by atoms with E-state index in [2.05, 4.69) is 17.3 Å². The van der Waals surface area contributed by atoms with Crippen molar-refractivity contribution in [2.45, 2.75) is 38.6 Å². The first-order valence-corrected chi connectivity index (χ1v) is 7.50. The predicted octanol–water partition coefficient (Wildman–Crippen LogP) is 3.28. The number of hydrogen-bond donors (Lipinski definition) is 0. The average Bonchev–Trinajstić information content (AvgIpc) is 3.14. The van der Waals surface area contributed by atoms with Crippen LogP contribution in [0.5, 0.6) is 0 Å². The molecule has 1 aromatic heterocycles. The number of likely N-dealkylation sites (tertiary alicyclic amines) is 1. The summed E-state index contributed by atoms with van der Waals surface area (Å²) in [6, 6.07) is 12.2. The molecule has 1 atom stereocenters. The predicted molar refractivity (Wildman–Crippen MR) is 79.7 cm³/mol. The minimum atomic E-state index is 0.0886. The Morgan fingerprint density at radius 2 is 2.19 bits per heavy atom. The molecular weight excluding hydrogens is 264 g/mol. The monoisotopic (exact) mass is 284 g/mol. The molecule has 4 heteroatoms. The summed E-state index contributed by atoms with van der Waals surface area (Å²) in [6.45, 7) is 2.71. The van der Waals surface area contributed by atoms with Gasteiger partial charge in [0.15, 0.2) is 0 Å². The summed E-state index contributed by atoms with van der Waals surface area (Å²) in [4.78, 5) is 14.4. The summed E-state index contributed by atoms with van der Waals surface area (Å²) in [6.07, 6.45) is 3.36. The van der Waals surface area contributed by atoms with Gasteiger partial charge in [0.1, 0.15) is 11.5 Å². The molecule has 21 heavy (non-hydrogen) atoms. The maximum Gasteiger partial charge on any atom is 0.223 e. The number of hydrogen-bond acceptors (Lipinski definition) is 3. The summed E-state index contributed by atoms with van der Waals surface area (Å²) in [5, 5.41) is 4.08. The molecule has 2 heterocycles. The van der Waals surface area contributed by atoms with Crippen LogP contribution in [0.1, 0.15) is 42.3 Å². The van der Waals surface area contributed by atoms with Gasteiger partial charge in [-0.3, -0.25) is 4.79 Å². The second-order valence-electron chi connectivity index (χ2n) is 5.59. The minimum absolute atomic E-state index is 0.0886. The van der Waals surface area contributed by atoms with Crippen LogP contribution in [-0.2, 0) is 11.2 Å². The van der Waals surface area contributed by atoms with Crippen molar-refractivity contribution in [3.8, 4) is 0 Å². The molecule has 0 unspecified atom stereocenters. The maximum atomic E-state index is 12.5. The van der Waals surface area contributed by atoms with Crippen LogP contribution in [-0.4, -0.2) is 22.5 Å². The van der Waals surface area contributed by atoms with Crippen molar-refractivity contribution in [1.29, 1.82) is 0 Å². The van der Waals surface area contributed by atoms with E-state index in [0.717, 1.165) is 37.3 Å². The fraction of sp³-hybridized carbons (Fsp3) is 0.412. The van der Waals surface area contributed by atoms with Crippen LogP contribution in [0.3, 0.4) is 0 Å². The third-order valence-electron chi connectivity index (χ3n) is 4.03. The van der Waals surface area contributed by atoms with Crippen LogP contribution in [0.15, 0.2) is 40.9 Å². The van der Waals surface area contributed by atoms with E-state index in [4.69, 9.17) is 4.52 Å². The number of benzene rings is 1. The van der Waals surface area contributed by atoms with E-state index in [1.165, 1.54) is 5.56 Å². The molecule has 4 nitrogen and oxygen atoms in total.